The Morgan fingerprint density at radius 2 is 1.90 bits per heavy atom. The highest BCUT2D eigenvalue weighted by Gasteiger charge is 2.38. The molecule has 0 aliphatic carbocycles. The Balaban J connectivity index is 2.83. The molecule has 114 valence electrons. The number of aliphatic carboxylic acids is 1. The number of hydrogen-bond acceptors (Lipinski definition) is 4. The molecule has 3 atom stereocenters. The van der Waals surface area contributed by atoms with Gasteiger partial charge in [-0.2, -0.15) is 0 Å². The van der Waals surface area contributed by atoms with Crippen molar-refractivity contribution in [2.45, 2.75) is 51.7 Å². The number of nitrogens with zero attached hydrogens (tertiary/aromatic N) is 1. The van der Waals surface area contributed by atoms with Gasteiger partial charge in [0.15, 0.2) is 0 Å². The van der Waals surface area contributed by atoms with Crippen LogP contribution in [-0.2, 0) is 14.4 Å². The van der Waals surface area contributed by atoms with Crippen molar-refractivity contribution in [1.29, 1.82) is 0 Å². The van der Waals surface area contributed by atoms with Crippen molar-refractivity contribution in [3.8, 4) is 0 Å². The second-order valence-corrected chi connectivity index (χ2v) is 5.55. The Kier molecular flexibility index (Phi) is 5.50. The third kappa shape index (κ3) is 3.69. The molecule has 1 fully saturated rings. The lowest BCUT2D eigenvalue weighted by Gasteiger charge is -2.29. The zero-order chi connectivity index (χ0) is 15.4. The van der Waals surface area contributed by atoms with Gasteiger partial charge < -0.3 is 21.1 Å². The van der Waals surface area contributed by atoms with Gasteiger partial charge in [0.1, 0.15) is 12.1 Å². The van der Waals surface area contributed by atoms with Gasteiger partial charge in [0.05, 0.1) is 6.04 Å². The van der Waals surface area contributed by atoms with Crippen LogP contribution in [0.25, 0.3) is 0 Å². The molecule has 0 bridgehead atoms. The smallest absolute Gasteiger partial charge is 0.326 e. The number of carbonyl (C=O) groups excluding carboxylic acids is 2. The lowest BCUT2D eigenvalue weighted by Crippen LogP contribution is -2.56. The van der Waals surface area contributed by atoms with Gasteiger partial charge in [-0.05, 0) is 25.7 Å². The first-order valence-corrected chi connectivity index (χ1v) is 6.85. The summed E-state index contributed by atoms with van der Waals surface area (Å²) < 4.78 is 0. The molecule has 1 aliphatic rings. The van der Waals surface area contributed by atoms with Gasteiger partial charge in [0.25, 0.3) is 0 Å². The zero-order valence-electron chi connectivity index (χ0n) is 12.1. The number of carboxylic acid groups (broad SMARTS) is 1. The summed E-state index contributed by atoms with van der Waals surface area (Å²) in [6.07, 6.45) is 1.11. The van der Waals surface area contributed by atoms with Crippen molar-refractivity contribution in [2.75, 3.05) is 6.54 Å². The normalized spacial score (nSPS) is 21.6. The molecule has 1 heterocycles. The van der Waals surface area contributed by atoms with E-state index in [1.54, 1.807) is 13.8 Å². The molecule has 4 N–H and O–H groups in total. The first-order chi connectivity index (χ1) is 9.25. The standard InChI is InChI=1S/C13H23N3O4/c1-7(2)10(15-11(17)8(3)14)12(18)16-6-4-5-9(16)13(19)20/h7-10H,4-6,14H2,1-3H3,(H,15,17)(H,19,20). The SMILES string of the molecule is CC(N)C(=O)NC(C(=O)N1CCCC1C(=O)O)C(C)C. The van der Waals surface area contributed by atoms with E-state index in [-0.39, 0.29) is 11.8 Å². The average Bonchev–Trinajstić information content (AvgIpc) is 2.83. The lowest BCUT2D eigenvalue weighted by atomic mass is 10.0. The lowest BCUT2D eigenvalue weighted by molar-refractivity contribution is -0.150. The van der Waals surface area contributed by atoms with E-state index in [1.807, 2.05) is 0 Å². The van der Waals surface area contributed by atoms with Gasteiger partial charge >= 0.3 is 5.97 Å². The molecule has 7 heteroatoms. The first-order valence-electron chi connectivity index (χ1n) is 6.85. The molecular weight excluding hydrogens is 262 g/mol. The number of rotatable bonds is 5. The van der Waals surface area contributed by atoms with E-state index >= 15 is 0 Å². The van der Waals surface area contributed by atoms with Crippen LogP contribution >= 0.6 is 0 Å². The molecule has 0 aromatic heterocycles. The van der Waals surface area contributed by atoms with Crippen molar-refractivity contribution in [3.05, 3.63) is 0 Å². The Morgan fingerprint density at radius 3 is 2.35 bits per heavy atom. The van der Waals surface area contributed by atoms with Gasteiger partial charge in [0, 0.05) is 6.54 Å². The quantitative estimate of drug-likeness (QED) is 0.633. The number of hydrogen-bond donors (Lipinski definition) is 3. The summed E-state index contributed by atoms with van der Waals surface area (Å²) in [5.74, 6) is -1.90. The van der Waals surface area contributed by atoms with E-state index in [4.69, 9.17) is 10.8 Å². The zero-order valence-corrected chi connectivity index (χ0v) is 12.1. The fraction of sp³-hybridized carbons (Fsp3) is 0.769. The van der Waals surface area contributed by atoms with Crippen molar-refractivity contribution in [1.82, 2.24) is 10.2 Å². The number of amides is 2. The van der Waals surface area contributed by atoms with Crippen LogP contribution in [0.15, 0.2) is 0 Å². The molecule has 3 unspecified atom stereocenters. The molecule has 2 amide bonds. The summed E-state index contributed by atoms with van der Waals surface area (Å²) in [6, 6.07) is -2.25. The number of carboxylic acids is 1. The minimum atomic E-state index is -1.00. The molecule has 1 rings (SSSR count). The molecular formula is C13H23N3O4. The molecule has 0 aromatic carbocycles. The molecule has 20 heavy (non-hydrogen) atoms. The molecule has 0 saturated carbocycles. The number of nitrogens with two attached hydrogens (primary N) is 1. The molecule has 1 saturated heterocycles. The molecule has 0 radical (unpaired) electrons. The highest BCUT2D eigenvalue weighted by molar-refractivity contribution is 5.92. The van der Waals surface area contributed by atoms with Crippen molar-refractivity contribution >= 4 is 17.8 Å². The van der Waals surface area contributed by atoms with Crippen molar-refractivity contribution < 1.29 is 19.5 Å². The Hall–Kier alpha value is -1.63. The molecule has 1 aliphatic heterocycles. The summed E-state index contributed by atoms with van der Waals surface area (Å²) >= 11 is 0. The summed E-state index contributed by atoms with van der Waals surface area (Å²) in [7, 11) is 0. The maximum atomic E-state index is 12.5. The van der Waals surface area contributed by atoms with Crippen molar-refractivity contribution in [3.63, 3.8) is 0 Å². The Morgan fingerprint density at radius 1 is 1.30 bits per heavy atom. The van der Waals surface area contributed by atoms with Crippen LogP contribution in [0.1, 0.15) is 33.6 Å². The van der Waals surface area contributed by atoms with Gasteiger partial charge in [-0.1, -0.05) is 13.8 Å². The molecule has 0 spiro atoms. The maximum absolute atomic E-state index is 12.5. The van der Waals surface area contributed by atoms with E-state index in [0.29, 0.717) is 19.4 Å². The number of nitrogens with one attached hydrogen (secondary N) is 1. The second kappa shape index (κ2) is 6.69. The number of likely N-dealkylation sites (tertiary alicyclic amines) is 1. The monoisotopic (exact) mass is 285 g/mol. The van der Waals surface area contributed by atoms with Crippen LogP contribution in [0.2, 0.25) is 0 Å². The van der Waals surface area contributed by atoms with Crippen molar-refractivity contribution in [2.24, 2.45) is 11.7 Å². The summed E-state index contributed by atoms with van der Waals surface area (Å²) in [6.45, 7) is 5.55. The van der Waals surface area contributed by atoms with E-state index in [2.05, 4.69) is 5.32 Å². The van der Waals surface area contributed by atoms with Gasteiger partial charge in [-0.15, -0.1) is 0 Å². The molecule has 7 nitrogen and oxygen atoms in total. The first kappa shape index (κ1) is 16.4. The third-order valence-electron chi connectivity index (χ3n) is 3.46. The fourth-order valence-corrected chi connectivity index (χ4v) is 2.26. The highest BCUT2D eigenvalue weighted by Crippen LogP contribution is 2.20. The second-order valence-electron chi connectivity index (χ2n) is 5.55. The van der Waals surface area contributed by atoms with E-state index in [0.717, 1.165) is 0 Å². The van der Waals surface area contributed by atoms with Gasteiger partial charge in [0.2, 0.25) is 11.8 Å². The van der Waals surface area contributed by atoms with Crippen LogP contribution < -0.4 is 11.1 Å². The summed E-state index contributed by atoms with van der Waals surface area (Å²) in [5, 5.41) is 11.7. The Labute approximate surface area is 118 Å². The van der Waals surface area contributed by atoms with Gasteiger partial charge in [-0.3, -0.25) is 9.59 Å². The average molecular weight is 285 g/mol. The highest BCUT2D eigenvalue weighted by atomic mass is 16.4. The summed E-state index contributed by atoms with van der Waals surface area (Å²) in [4.78, 5) is 36.6. The van der Waals surface area contributed by atoms with Crippen LogP contribution in [0.3, 0.4) is 0 Å². The predicted molar refractivity (Wildman–Crippen MR) is 72.8 cm³/mol. The Bertz CT molecular complexity index is 395. The fourth-order valence-electron chi connectivity index (χ4n) is 2.26. The van der Waals surface area contributed by atoms with Crippen LogP contribution in [0.5, 0.6) is 0 Å². The van der Waals surface area contributed by atoms with Crippen LogP contribution in [0.4, 0.5) is 0 Å². The minimum absolute atomic E-state index is 0.139. The van der Waals surface area contributed by atoms with E-state index in [9.17, 15) is 14.4 Å². The van der Waals surface area contributed by atoms with E-state index in [1.165, 1.54) is 11.8 Å². The number of carbonyl (C=O) groups is 3. The topological polar surface area (TPSA) is 113 Å². The van der Waals surface area contributed by atoms with Crippen LogP contribution in [-0.4, -0.2) is 52.5 Å². The van der Waals surface area contributed by atoms with Gasteiger partial charge in [-0.25, -0.2) is 4.79 Å². The summed E-state index contributed by atoms with van der Waals surface area (Å²) in [5.41, 5.74) is 5.48. The maximum Gasteiger partial charge on any atom is 0.326 e. The van der Waals surface area contributed by atoms with E-state index < -0.39 is 30.0 Å². The molecule has 0 aromatic rings. The minimum Gasteiger partial charge on any atom is -0.480 e. The largest absolute Gasteiger partial charge is 0.480 e. The van der Waals surface area contributed by atoms with Crippen LogP contribution in [0, 0.1) is 5.92 Å². The predicted octanol–water partition coefficient (Wildman–Crippen LogP) is -0.450. The third-order valence-corrected chi connectivity index (χ3v) is 3.46.